The number of hydrogen-bond donors (Lipinski definition) is 3. The predicted molar refractivity (Wildman–Crippen MR) is 130 cm³/mol. The summed E-state index contributed by atoms with van der Waals surface area (Å²) in [5.74, 6) is -1.87. The number of carboxylic acids is 1. The van der Waals surface area contributed by atoms with E-state index in [2.05, 4.69) is 38.3 Å². The minimum atomic E-state index is -5.08. The molecule has 2 fully saturated rings. The highest BCUT2D eigenvalue weighted by molar-refractivity contribution is 5.75. The number of benzene rings is 1. The first-order valence-corrected chi connectivity index (χ1v) is 12.0. The molecule has 10 nitrogen and oxygen atoms in total. The number of amides is 2. The van der Waals surface area contributed by atoms with Gasteiger partial charge in [-0.15, -0.1) is 0 Å². The van der Waals surface area contributed by atoms with Crippen molar-refractivity contribution in [1.29, 1.82) is 5.26 Å². The molecule has 2 amide bonds. The van der Waals surface area contributed by atoms with Crippen molar-refractivity contribution in [1.82, 2.24) is 25.3 Å². The van der Waals surface area contributed by atoms with Crippen LogP contribution in [-0.4, -0.2) is 95.1 Å². The van der Waals surface area contributed by atoms with E-state index in [1.54, 1.807) is 12.1 Å². The quantitative estimate of drug-likeness (QED) is 0.552. The maximum Gasteiger partial charge on any atom is 0.490 e. The summed E-state index contributed by atoms with van der Waals surface area (Å²) in [5.41, 5.74) is 2.56. The molecule has 0 saturated carbocycles. The average molecular weight is 522 g/mol. The van der Waals surface area contributed by atoms with Gasteiger partial charge < -0.3 is 25.1 Å². The first-order valence-electron chi connectivity index (χ1n) is 12.0. The third-order valence-electron chi connectivity index (χ3n) is 6.12. The van der Waals surface area contributed by atoms with E-state index in [1.807, 2.05) is 23.1 Å². The van der Waals surface area contributed by atoms with Gasteiger partial charge in [0, 0.05) is 44.8 Å². The number of aromatic nitrogens is 2. The van der Waals surface area contributed by atoms with Gasteiger partial charge in [0.25, 0.3) is 0 Å². The van der Waals surface area contributed by atoms with Crippen molar-refractivity contribution >= 4 is 17.8 Å². The second-order valence-corrected chi connectivity index (χ2v) is 8.96. The van der Waals surface area contributed by atoms with Crippen LogP contribution < -0.4 is 10.2 Å². The Hall–Kier alpha value is -3.79. The Balaban J connectivity index is 0.000000479. The molecule has 3 N–H and O–H groups in total. The second-order valence-electron chi connectivity index (χ2n) is 8.96. The van der Waals surface area contributed by atoms with Crippen LogP contribution in [0.15, 0.2) is 30.3 Å². The summed E-state index contributed by atoms with van der Waals surface area (Å²) >= 11 is 0. The number of aliphatic carboxylic acids is 1. The van der Waals surface area contributed by atoms with Gasteiger partial charge in [-0.1, -0.05) is 12.1 Å². The number of nitrogens with one attached hydrogen (secondary N) is 2. The van der Waals surface area contributed by atoms with Crippen LogP contribution in [0.25, 0.3) is 11.3 Å². The van der Waals surface area contributed by atoms with Gasteiger partial charge in [0.15, 0.2) is 5.82 Å². The highest BCUT2D eigenvalue weighted by atomic mass is 19.4. The number of hydrogen-bond acceptors (Lipinski definition) is 6. The zero-order valence-corrected chi connectivity index (χ0v) is 20.5. The fourth-order valence-corrected chi connectivity index (χ4v) is 4.18. The molecule has 0 unspecified atom stereocenters. The molecule has 0 radical (unpaired) electrons. The third-order valence-corrected chi connectivity index (χ3v) is 6.12. The summed E-state index contributed by atoms with van der Waals surface area (Å²) in [5, 5.41) is 26.7. The van der Waals surface area contributed by atoms with Crippen LogP contribution in [0, 0.1) is 11.3 Å². The fourth-order valence-electron chi connectivity index (χ4n) is 4.18. The number of carbonyl (C=O) groups is 2. The Morgan fingerprint density at radius 2 is 1.73 bits per heavy atom. The molecule has 4 rings (SSSR count). The molecule has 1 atom stereocenters. The van der Waals surface area contributed by atoms with Gasteiger partial charge in [0.2, 0.25) is 0 Å². The molecule has 0 bridgehead atoms. The van der Waals surface area contributed by atoms with Crippen molar-refractivity contribution in [2.45, 2.75) is 32.0 Å². The number of carbonyl (C=O) groups excluding carboxylic acids is 1. The maximum atomic E-state index is 12.6. The van der Waals surface area contributed by atoms with E-state index in [1.165, 1.54) is 12.8 Å². The Kier molecular flexibility index (Phi) is 9.35. The van der Waals surface area contributed by atoms with E-state index in [9.17, 15) is 18.0 Å². The number of rotatable bonds is 5. The highest BCUT2D eigenvalue weighted by Gasteiger charge is 2.38. The van der Waals surface area contributed by atoms with Gasteiger partial charge >= 0.3 is 18.2 Å². The van der Waals surface area contributed by atoms with E-state index in [0.29, 0.717) is 18.7 Å². The molecule has 0 spiro atoms. The van der Waals surface area contributed by atoms with Crippen LogP contribution in [-0.2, 0) is 4.79 Å². The summed E-state index contributed by atoms with van der Waals surface area (Å²) in [4.78, 5) is 28.0. The zero-order chi connectivity index (χ0) is 27.0. The SMILES string of the molecule is C[C@@H](CN1CCCC1)NC(=O)N1CCN(c2cc(-c3ccc(C#N)cc3)[nH]n2)CC1.O=C(O)C(F)(F)F. The number of carboxylic acid groups (broad SMARTS) is 1. The lowest BCUT2D eigenvalue weighted by Gasteiger charge is -2.35. The summed E-state index contributed by atoms with van der Waals surface area (Å²) < 4.78 is 31.7. The number of aromatic amines is 1. The van der Waals surface area contributed by atoms with Crippen LogP contribution in [0.4, 0.5) is 23.8 Å². The number of nitriles is 1. The summed E-state index contributed by atoms with van der Waals surface area (Å²) in [6.07, 6.45) is -2.55. The van der Waals surface area contributed by atoms with Gasteiger partial charge in [0.1, 0.15) is 0 Å². The normalized spacial score (nSPS) is 16.9. The number of anilines is 1. The molecule has 1 aromatic carbocycles. The lowest BCUT2D eigenvalue weighted by molar-refractivity contribution is -0.192. The van der Waals surface area contributed by atoms with Gasteiger partial charge in [-0.25, -0.2) is 9.59 Å². The average Bonchev–Trinajstić information content (AvgIpc) is 3.56. The smallest absolute Gasteiger partial charge is 0.475 e. The minimum Gasteiger partial charge on any atom is -0.475 e. The Labute approximate surface area is 212 Å². The van der Waals surface area contributed by atoms with Crippen LogP contribution in [0.1, 0.15) is 25.3 Å². The van der Waals surface area contributed by atoms with Crippen molar-refractivity contribution < 1.29 is 27.9 Å². The van der Waals surface area contributed by atoms with Gasteiger partial charge in [-0.05, 0) is 50.6 Å². The van der Waals surface area contributed by atoms with Gasteiger partial charge in [-0.3, -0.25) is 5.10 Å². The molecule has 37 heavy (non-hydrogen) atoms. The predicted octanol–water partition coefficient (Wildman–Crippen LogP) is 2.90. The minimum absolute atomic E-state index is 0.0293. The molecular formula is C24H30F3N7O3. The highest BCUT2D eigenvalue weighted by Crippen LogP contribution is 2.23. The Morgan fingerprint density at radius 1 is 1.14 bits per heavy atom. The molecule has 2 aliphatic rings. The number of H-pyrrole nitrogens is 1. The Bertz CT molecular complexity index is 1080. The first kappa shape index (κ1) is 27.8. The maximum absolute atomic E-state index is 12.6. The summed E-state index contributed by atoms with van der Waals surface area (Å²) in [7, 11) is 0. The number of likely N-dealkylation sites (tertiary alicyclic amines) is 1. The lowest BCUT2D eigenvalue weighted by atomic mass is 10.1. The monoisotopic (exact) mass is 521 g/mol. The number of nitrogens with zero attached hydrogens (tertiary/aromatic N) is 5. The molecule has 2 saturated heterocycles. The second kappa shape index (κ2) is 12.4. The van der Waals surface area contributed by atoms with Crippen LogP contribution in [0.2, 0.25) is 0 Å². The largest absolute Gasteiger partial charge is 0.490 e. The fraction of sp³-hybridized carbons (Fsp3) is 0.500. The Morgan fingerprint density at radius 3 is 2.27 bits per heavy atom. The molecular weight excluding hydrogens is 491 g/mol. The molecule has 2 aromatic rings. The first-order chi connectivity index (χ1) is 17.6. The summed E-state index contributed by atoms with van der Waals surface area (Å²) in [6.45, 7) is 8.18. The zero-order valence-electron chi connectivity index (χ0n) is 20.5. The van der Waals surface area contributed by atoms with Gasteiger partial charge in [0.05, 0.1) is 17.3 Å². The van der Waals surface area contributed by atoms with Gasteiger partial charge in [-0.2, -0.15) is 23.5 Å². The lowest BCUT2D eigenvalue weighted by Crippen LogP contribution is -2.54. The number of halogens is 3. The molecule has 1 aromatic heterocycles. The van der Waals surface area contributed by atoms with E-state index in [4.69, 9.17) is 15.2 Å². The number of urea groups is 1. The molecule has 200 valence electrons. The summed E-state index contributed by atoms with van der Waals surface area (Å²) in [6, 6.07) is 11.8. The van der Waals surface area contributed by atoms with E-state index in [-0.39, 0.29) is 12.1 Å². The van der Waals surface area contributed by atoms with Crippen molar-refractivity contribution in [2.24, 2.45) is 0 Å². The molecule has 3 heterocycles. The molecule has 2 aliphatic heterocycles. The number of alkyl halides is 3. The number of piperazine rings is 1. The van der Waals surface area contributed by atoms with Crippen LogP contribution in [0.3, 0.4) is 0 Å². The van der Waals surface area contributed by atoms with Crippen molar-refractivity contribution in [3.63, 3.8) is 0 Å². The topological polar surface area (TPSA) is 129 Å². The molecule has 13 heteroatoms. The van der Waals surface area contributed by atoms with Crippen molar-refractivity contribution in [3.05, 3.63) is 35.9 Å². The van der Waals surface area contributed by atoms with Crippen molar-refractivity contribution in [3.8, 4) is 17.3 Å². The van der Waals surface area contributed by atoms with Crippen LogP contribution in [0.5, 0.6) is 0 Å². The third kappa shape index (κ3) is 8.11. The standard InChI is InChI=1S/C22H29N7O.C2HF3O2/c1-17(16-27-8-2-3-9-27)24-22(30)29-12-10-28(11-13-29)21-14-20(25-26-21)19-6-4-18(15-23)5-7-19;3-2(4,5)1(6)7/h4-7,14,17H,2-3,8-13,16H2,1H3,(H,24,30)(H,25,26);(H,6,7)/t17-;/m0./s1. The van der Waals surface area contributed by atoms with Crippen LogP contribution >= 0.6 is 0 Å². The van der Waals surface area contributed by atoms with E-state index in [0.717, 1.165) is 49.8 Å². The van der Waals surface area contributed by atoms with E-state index >= 15 is 0 Å². The molecule has 0 aliphatic carbocycles. The van der Waals surface area contributed by atoms with Crippen molar-refractivity contribution in [2.75, 3.05) is 50.7 Å². The van der Waals surface area contributed by atoms with E-state index < -0.39 is 12.1 Å².